The maximum absolute atomic E-state index is 12.7. The Kier molecular flexibility index (Phi) is 10.1. The van der Waals surface area contributed by atoms with Crippen molar-refractivity contribution in [2.75, 3.05) is 11.4 Å². The van der Waals surface area contributed by atoms with Gasteiger partial charge in [-0.15, -0.1) is 11.3 Å². The Morgan fingerprint density at radius 2 is 1.67 bits per heavy atom. The highest BCUT2D eigenvalue weighted by Gasteiger charge is 2.31. The van der Waals surface area contributed by atoms with Crippen LogP contribution >= 0.6 is 11.3 Å². The number of benzene rings is 2. The summed E-state index contributed by atoms with van der Waals surface area (Å²) >= 11 is -0.947. The van der Waals surface area contributed by atoms with Crippen LogP contribution in [0.1, 0.15) is 63.6 Å². The normalized spacial score (nSPS) is 13.2. The van der Waals surface area contributed by atoms with Crippen LogP contribution in [-0.4, -0.2) is 38.2 Å². The molecule has 0 aliphatic carbocycles. The third-order valence-corrected chi connectivity index (χ3v) is 8.48. The second kappa shape index (κ2) is 12.9. The Morgan fingerprint density at radius 1 is 1.05 bits per heavy atom. The molecule has 0 saturated carbocycles. The number of carbonyl (C=O) groups excluding carboxylic acids is 2. The fourth-order valence-electron chi connectivity index (χ4n) is 4.45. The van der Waals surface area contributed by atoms with Gasteiger partial charge in [-0.25, -0.2) is 4.79 Å². The number of thiophene rings is 1. The second-order valence-electron chi connectivity index (χ2n) is 10.9. The largest absolute Gasteiger partial charge is 0.755 e. The van der Waals surface area contributed by atoms with Crippen LogP contribution in [0.4, 0.5) is 5.00 Å². The molecule has 2 atom stereocenters. The van der Waals surface area contributed by atoms with Gasteiger partial charge in [-0.05, 0) is 55.9 Å². The summed E-state index contributed by atoms with van der Waals surface area (Å²) in [7, 11) is 1.31. The van der Waals surface area contributed by atoms with Gasteiger partial charge in [0.25, 0.3) is 0 Å². The monoisotopic (exact) mass is 569 g/mol. The van der Waals surface area contributed by atoms with E-state index >= 15 is 0 Å². The highest BCUT2D eigenvalue weighted by atomic mass is 32.2. The van der Waals surface area contributed by atoms with Crippen molar-refractivity contribution in [3.63, 3.8) is 0 Å². The number of rotatable bonds is 10. The van der Waals surface area contributed by atoms with E-state index < -0.39 is 28.8 Å². The Bertz CT molecular complexity index is 1300. The first-order valence-corrected chi connectivity index (χ1v) is 14.7. The van der Waals surface area contributed by atoms with Crippen molar-refractivity contribution < 1.29 is 23.1 Å². The predicted octanol–water partition coefficient (Wildman–Crippen LogP) is 6.28. The molecule has 0 aliphatic rings. The van der Waals surface area contributed by atoms with E-state index in [1.807, 2.05) is 63.2 Å². The van der Waals surface area contributed by atoms with E-state index in [0.717, 1.165) is 28.0 Å². The van der Waals surface area contributed by atoms with Crippen LogP contribution in [0, 0.1) is 5.92 Å². The SMILES string of the molecule is COC(=O)[C@H](c1ccccc1)N(Cc1ccc(-c2cc(CC(C)C)sc2N(S(=O)[O-])C(C)(C)C)cc1)C(C)=O. The minimum Gasteiger partial charge on any atom is -0.755 e. The molecule has 1 amide bonds. The quantitative estimate of drug-likeness (QED) is 0.212. The van der Waals surface area contributed by atoms with E-state index in [1.165, 1.54) is 34.6 Å². The lowest BCUT2D eigenvalue weighted by molar-refractivity contribution is -0.153. The van der Waals surface area contributed by atoms with Crippen LogP contribution in [0.5, 0.6) is 0 Å². The first-order chi connectivity index (χ1) is 18.3. The molecule has 1 aromatic heterocycles. The number of hydrogen-bond donors (Lipinski definition) is 0. The van der Waals surface area contributed by atoms with Crippen molar-refractivity contribution in [2.45, 2.75) is 66.1 Å². The number of ether oxygens (including phenoxy) is 1. The molecule has 9 heteroatoms. The van der Waals surface area contributed by atoms with Crippen LogP contribution in [-0.2, 0) is 38.6 Å². The number of carbonyl (C=O) groups is 2. The van der Waals surface area contributed by atoms with Crippen LogP contribution in [0.15, 0.2) is 60.7 Å². The van der Waals surface area contributed by atoms with Crippen LogP contribution < -0.4 is 4.31 Å². The van der Waals surface area contributed by atoms with Gasteiger partial charge >= 0.3 is 5.97 Å². The zero-order chi connectivity index (χ0) is 28.9. The fraction of sp³-hybridized carbons (Fsp3) is 0.400. The van der Waals surface area contributed by atoms with E-state index in [0.29, 0.717) is 16.5 Å². The molecule has 0 aliphatic heterocycles. The molecule has 0 spiro atoms. The van der Waals surface area contributed by atoms with Gasteiger partial charge in [0.2, 0.25) is 5.91 Å². The first kappa shape index (κ1) is 30.5. The van der Waals surface area contributed by atoms with Crippen molar-refractivity contribution in [3.05, 3.63) is 76.7 Å². The van der Waals surface area contributed by atoms with Crippen molar-refractivity contribution in [1.82, 2.24) is 4.90 Å². The zero-order valence-electron chi connectivity index (χ0n) is 23.6. The molecule has 0 fully saturated rings. The van der Waals surface area contributed by atoms with Crippen molar-refractivity contribution >= 4 is 39.5 Å². The van der Waals surface area contributed by atoms with Crippen LogP contribution in [0.25, 0.3) is 11.1 Å². The maximum atomic E-state index is 12.7. The van der Waals surface area contributed by atoms with Gasteiger partial charge in [-0.3, -0.25) is 13.3 Å². The van der Waals surface area contributed by atoms with E-state index in [2.05, 4.69) is 19.9 Å². The third-order valence-electron chi connectivity index (χ3n) is 6.19. The topological polar surface area (TPSA) is 90.0 Å². The summed E-state index contributed by atoms with van der Waals surface area (Å²) < 4.78 is 31.1. The Labute approximate surface area is 238 Å². The molecule has 7 nitrogen and oxygen atoms in total. The lowest BCUT2D eigenvalue weighted by Gasteiger charge is -2.38. The molecular formula is C30H37N2O5S2-. The molecule has 0 bridgehead atoms. The van der Waals surface area contributed by atoms with Crippen molar-refractivity contribution in [1.29, 1.82) is 0 Å². The second-order valence-corrected chi connectivity index (χ2v) is 12.8. The minimum absolute atomic E-state index is 0.206. The third kappa shape index (κ3) is 7.56. The van der Waals surface area contributed by atoms with Gasteiger partial charge < -0.3 is 14.2 Å². The molecule has 3 aromatic rings. The van der Waals surface area contributed by atoms with E-state index in [4.69, 9.17) is 4.74 Å². The Balaban J connectivity index is 2.00. The molecule has 1 unspecified atom stereocenters. The highest BCUT2D eigenvalue weighted by Crippen LogP contribution is 2.43. The molecule has 39 heavy (non-hydrogen) atoms. The van der Waals surface area contributed by atoms with Gasteiger partial charge in [0.15, 0.2) is 6.04 Å². The smallest absolute Gasteiger partial charge is 0.333 e. The molecule has 210 valence electrons. The zero-order valence-corrected chi connectivity index (χ0v) is 25.2. The Hall–Kier alpha value is -3.01. The maximum Gasteiger partial charge on any atom is 0.333 e. The molecule has 2 aromatic carbocycles. The first-order valence-electron chi connectivity index (χ1n) is 12.8. The number of hydrogen-bond acceptors (Lipinski definition) is 6. The Morgan fingerprint density at radius 3 is 2.15 bits per heavy atom. The summed E-state index contributed by atoms with van der Waals surface area (Å²) in [5, 5.41) is 0.680. The highest BCUT2D eigenvalue weighted by molar-refractivity contribution is 7.81. The standard InChI is InChI=1S/C30H38N2O5S2/c1-20(2)17-25-18-26(28(38-25)32(39(35)36)30(4,5)6)23-15-13-22(14-16-23)19-31(21(3)33)27(29(34)37-7)24-11-9-8-10-12-24/h8-16,18,20,27H,17,19H2,1-7H3,(H,35,36)/p-1/t27-/m0/s1. The molecule has 0 radical (unpaired) electrons. The van der Waals surface area contributed by atoms with Crippen LogP contribution in [0.2, 0.25) is 0 Å². The summed E-state index contributed by atoms with van der Waals surface area (Å²) in [4.78, 5) is 28.0. The molecule has 0 N–H and O–H groups in total. The number of esters is 1. The van der Waals surface area contributed by atoms with Gasteiger partial charge in [-0.1, -0.05) is 68.4 Å². The predicted molar refractivity (Wildman–Crippen MR) is 157 cm³/mol. The number of amides is 1. The van der Waals surface area contributed by atoms with E-state index in [9.17, 15) is 18.4 Å². The molecular weight excluding hydrogens is 532 g/mol. The van der Waals surface area contributed by atoms with E-state index in [-0.39, 0.29) is 12.5 Å². The van der Waals surface area contributed by atoms with Crippen LogP contribution in [0.3, 0.4) is 0 Å². The van der Waals surface area contributed by atoms with Gasteiger partial charge in [-0.2, -0.15) is 0 Å². The van der Waals surface area contributed by atoms with Crippen molar-refractivity contribution in [3.8, 4) is 11.1 Å². The number of nitrogens with zero attached hydrogens (tertiary/aromatic N) is 2. The minimum atomic E-state index is -2.45. The number of anilines is 1. The van der Waals surface area contributed by atoms with E-state index in [1.54, 1.807) is 12.1 Å². The fourth-order valence-corrected chi connectivity index (χ4v) is 6.91. The lowest BCUT2D eigenvalue weighted by Crippen LogP contribution is -2.42. The average molecular weight is 570 g/mol. The van der Waals surface area contributed by atoms with Crippen molar-refractivity contribution in [2.24, 2.45) is 5.92 Å². The molecule has 3 rings (SSSR count). The summed E-state index contributed by atoms with van der Waals surface area (Å²) in [6.45, 7) is 11.5. The summed E-state index contributed by atoms with van der Waals surface area (Å²) in [6.07, 6.45) is 0.848. The van der Waals surface area contributed by atoms with Gasteiger partial charge in [0.05, 0.1) is 7.11 Å². The average Bonchev–Trinajstić information content (AvgIpc) is 3.25. The molecule has 1 heterocycles. The summed E-state index contributed by atoms with van der Waals surface area (Å²) in [6, 6.07) is 18.0. The molecule has 0 saturated heterocycles. The van der Waals surface area contributed by atoms with Gasteiger partial charge in [0, 0.05) is 40.7 Å². The van der Waals surface area contributed by atoms with Gasteiger partial charge in [0.1, 0.15) is 5.00 Å². The summed E-state index contributed by atoms with van der Waals surface area (Å²) in [5.74, 6) is -0.338. The summed E-state index contributed by atoms with van der Waals surface area (Å²) in [5.41, 5.74) is 2.59. The number of methoxy groups -OCH3 is 1. The lowest BCUT2D eigenvalue weighted by atomic mass is 10.0.